The molecule has 0 unspecified atom stereocenters. The molecule has 0 spiro atoms. The fourth-order valence-electron chi connectivity index (χ4n) is 4.85. The number of nitrogens with zero attached hydrogens (tertiary/aromatic N) is 4. The van der Waals surface area contributed by atoms with E-state index in [4.69, 9.17) is 10.5 Å². The Morgan fingerprint density at radius 1 is 1.11 bits per heavy atom. The summed E-state index contributed by atoms with van der Waals surface area (Å²) in [7, 11) is 3.41. The van der Waals surface area contributed by atoms with E-state index in [1.165, 1.54) is 13.3 Å². The van der Waals surface area contributed by atoms with Crippen molar-refractivity contribution in [3.63, 3.8) is 0 Å². The summed E-state index contributed by atoms with van der Waals surface area (Å²) in [5, 5.41) is 3.25. The summed E-state index contributed by atoms with van der Waals surface area (Å²) in [4.78, 5) is 47.2. The molecule has 10 heteroatoms. The zero-order chi connectivity index (χ0) is 25.7. The van der Waals surface area contributed by atoms with E-state index in [0.717, 1.165) is 44.5 Å². The van der Waals surface area contributed by atoms with Gasteiger partial charge in [-0.3, -0.25) is 14.4 Å². The molecular weight excluding hydrogens is 460 g/mol. The van der Waals surface area contributed by atoms with Crippen LogP contribution in [0.5, 0.6) is 0 Å². The average molecular weight is 495 g/mol. The quantitative estimate of drug-likeness (QED) is 0.577. The van der Waals surface area contributed by atoms with Gasteiger partial charge in [-0.15, -0.1) is 0 Å². The Morgan fingerprint density at radius 2 is 1.81 bits per heavy atom. The summed E-state index contributed by atoms with van der Waals surface area (Å²) in [6, 6.07) is 9.11. The minimum Gasteiger partial charge on any atom is -0.375 e. The molecular formula is C26H34N6O4. The van der Waals surface area contributed by atoms with Crippen LogP contribution in [0.4, 0.5) is 17.2 Å². The molecule has 3 N–H and O–H groups in total. The highest BCUT2D eigenvalue weighted by molar-refractivity contribution is 5.99. The van der Waals surface area contributed by atoms with Crippen molar-refractivity contribution in [2.24, 2.45) is 5.73 Å². The number of carbonyl (C=O) groups is 3. The molecule has 0 saturated carbocycles. The van der Waals surface area contributed by atoms with Crippen molar-refractivity contribution in [1.29, 1.82) is 0 Å². The number of aromatic nitrogens is 1. The third kappa shape index (κ3) is 5.76. The Morgan fingerprint density at radius 3 is 2.47 bits per heavy atom. The minimum atomic E-state index is -0.566. The first-order valence-corrected chi connectivity index (χ1v) is 12.3. The normalized spacial score (nSPS) is 17.7. The Hall–Kier alpha value is -3.66. The number of hydrogen-bond acceptors (Lipinski definition) is 7. The van der Waals surface area contributed by atoms with Crippen LogP contribution in [0.15, 0.2) is 36.5 Å². The maximum atomic E-state index is 12.6. The lowest BCUT2D eigenvalue weighted by molar-refractivity contribution is -0.136. The van der Waals surface area contributed by atoms with Gasteiger partial charge in [0.25, 0.3) is 11.8 Å². The number of likely N-dealkylation sites (N-methyl/N-ethyl adjacent to an activating group) is 1. The van der Waals surface area contributed by atoms with Gasteiger partial charge >= 0.3 is 0 Å². The number of benzene rings is 1. The van der Waals surface area contributed by atoms with Crippen LogP contribution >= 0.6 is 0 Å². The van der Waals surface area contributed by atoms with Crippen LogP contribution in [-0.2, 0) is 9.53 Å². The summed E-state index contributed by atoms with van der Waals surface area (Å²) >= 11 is 0. The van der Waals surface area contributed by atoms with Crippen molar-refractivity contribution in [3.8, 4) is 0 Å². The second-order valence-electron chi connectivity index (χ2n) is 9.33. The van der Waals surface area contributed by atoms with Crippen LogP contribution in [0.25, 0.3) is 0 Å². The Kier molecular flexibility index (Phi) is 8.04. The summed E-state index contributed by atoms with van der Waals surface area (Å²) in [6.45, 7) is 2.90. The highest BCUT2D eigenvalue weighted by atomic mass is 16.5. The fourth-order valence-corrected chi connectivity index (χ4v) is 4.85. The SMILES string of the molecule is COCC(=O)N1CCC[C@@H](N(C)c2cc(Nc3ccc(C(=O)N4CCCC4)cc3)ncc2C(N)=O)C1. The molecule has 1 aromatic heterocycles. The van der Waals surface area contributed by atoms with E-state index in [2.05, 4.69) is 10.3 Å². The van der Waals surface area contributed by atoms with Crippen molar-refractivity contribution < 1.29 is 19.1 Å². The van der Waals surface area contributed by atoms with Gasteiger partial charge in [0.1, 0.15) is 12.4 Å². The summed E-state index contributed by atoms with van der Waals surface area (Å²) in [6.07, 6.45) is 5.31. The van der Waals surface area contributed by atoms with E-state index in [9.17, 15) is 14.4 Å². The molecule has 1 atom stereocenters. The number of pyridine rings is 1. The first kappa shape index (κ1) is 25.4. The lowest BCUT2D eigenvalue weighted by atomic mass is 10.0. The molecule has 1 aromatic carbocycles. The molecule has 2 aromatic rings. The van der Waals surface area contributed by atoms with Gasteiger partial charge in [-0.1, -0.05) is 0 Å². The van der Waals surface area contributed by atoms with Crippen LogP contribution in [0.2, 0.25) is 0 Å². The predicted molar refractivity (Wildman–Crippen MR) is 137 cm³/mol. The van der Waals surface area contributed by atoms with Gasteiger partial charge in [-0.05, 0) is 49.9 Å². The highest BCUT2D eigenvalue weighted by Gasteiger charge is 2.28. The zero-order valence-electron chi connectivity index (χ0n) is 20.9. The van der Waals surface area contributed by atoms with Crippen molar-refractivity contribution >= 4 is 34.9 Å². The number of piperidine rings is 1. The number of nitrogens with two attached hydrogens (primary N) is 1. The van der Waals surface area contributed by atoms with Crippen LogP contribution < -0.4 is 16.0 Å². The van der Waals surface area contributed by atoms with Gasteiger partial charge < -0.3 is 30.5 Å². The maximum absolute atomic E-state index is 12.6. The fraction of sp³-hybridized carbons (Fsp3) is 0.462. The number of anilines is 3. The average Bonchev–Trinajstić information content (AvgIpc) is 3.43. The van der Waals surface area contributed by atoms with Gasteiger partial charge in [0.05, 0.1) is 11.3 Å². The van der Waals surface area contributed by atoms with Crippen LogP contribution in [0.1, 0.15) is 46.4 Å². The van der Waals surface area contributed by atoms with Gasteiger partial charge in [-0.25, -0.2) is 4.98 Å². The molecule has 2 saturated heterocycles. The van der Waals surface area contributed by atoms with E-state index in [1.807, 2.05) is 29.0 Å². The number of nitrogens with one attached hydrogen (secondary N) is 1. The van der Waals surface area contributed by atoms with Gasteiger partial charge in [0, 0.05) is 69.9 Å². The van der Waals surface area contributed by atoms with Crippen molar-refractivity contribution in [1.82, 2.24) is 14.8 Å². The Labute approximate surface area is 211 Å². The smallest absolute Gasteiger partial charge is 0.253 e. The molecule has 2 aliphatic heterocycles. The molecule has 36 heavy (non-hydrogen) atoms. The van der Waals surface area contributed by atoms with Crippen LogP contribution in [-0.4, -0.2) is 85.5 Å². The first-order chi connectivity index (χ1) is 17.4. The topological polar surface area (TPSA) is 121 Å². The number of primary amides is 1. The van der Waals surface area contributed by atoms with Gasteiger partial charge in [-0.2, -0.15) is 0 Å². The number of carbonyl (C=O) groups excluding carboxylic acids is 3. The number of amides is 3. The third-order valence-electron chi connectivity index (χ3n) is 6.89. The monoisotopic (exact) mass is 494 g/mol. The number of ether oxygens (including phenoxy) is 1. The molecule has 4 rings (SSSR count). The Bertz CT molecular complexity index is 1100. The van der Waals surface area contributed by atoms with Gasteiger partial charge in [0.15, 0.2) is 0 Å². The molecule has 0 radical (unpaired) electrons. The molecule has 10 nitrogen and oxygen atoms in total. The molecule has 0 bridgehead atoms. The van der Waals surface area contributed by atoms with E-state index in [-0.39, 0.29) is 24.5 Å². The predicted octanol–water partition coefficient (Wildman–Crippen LogP) is 2.23. The first-order valence-electron chi connectivity index (χ1n) is 12.3. The zero-order valence-corrected chi connectivity index (χ0v) is 20.9. The lowest BCUT2D eigenvalue weighted by Crippen LogP contribution is -2.50. The summed E-state index contributed by atoms with van der Waals surface area (Å²) in [5.74, 6) is -0.0146. The third-order valence-corrected chi connectivity index (χ3v) is 6.89. The summed E-state index contributed by atoms with van der Waals surface area (Å²) < 4.78 is 5.00. The molecule has 3 heterocycles. The minimum absolute atomic E-state index is 0.0174. The number of rotatable bonds is 8. The van der Waals surface area contributed by atoms with E-state index >= 15 is 0 Å². The highest BCUT2D eigenvalue weighted by Crippen LogP contribution is 2.28. The van der Waals surface area contributed by atoms with Crippen LogP contribution in [0, 0.1) is 0 Å². The van der Waals surface area contributed by atoms with Crippen molar-refractivity contribution in [2.75, 3.05) is 57.2 Å². The molecule has 2 aliphatic rings. The van der Waals surface area contributed by atoms with E-state index in [1.54, 1.807) is 23.1 Å². The molecule has 0 aliphatic carbocycles. The standard InChI is InChI=1S/C26H34N6O4/c1-30(20-6-5-13-32(16-20)24(33)17-36-2)22-14-23(28-15-21(22)25(27)34)29-19-9-7-18(8-10-19)26(35)31-11-3-4-12-31/h7-10,14-15,20H,3-6,11-13,16-17H2,1-2H3,(H2,27,34)(H,28,29)/t20-/m1/s1. The van der Waals surface area contributed by atoms with E-state index in [0.29, 0.717) is 35.7 Å². The lowest BCUT2D eigenvalue weighted by Gasteiger charge is -2.39. The number of methoxy groups -OCH3 is 1. The second-order valence-corrected chi connectivity index (χ2v) is 9.33. The van der Waals surface area contributed by atoms with Gasteiger partial charge in [0.2, 0.25) is 5.91 Å². The Balaban J connectivity index is 1.50. The van der Waals surface area contributed by atoms with E-state index < -0.39 is 5.91 Å². The molecule has 3 amide bonds. The molecule has 192 valence electrons. The van der Waals surface area contributed by atoms with Crippen molar-refractivity contribution in [3.05, 3.63) is 47.7 Å². The molecule has 2 fully saturated rings. The maximum Gasteiger partial charge on any atom is 0.253 e. The number of likely N-dealkylation sites (tertiary alicyclic amines) is 2. The van der Waals surface area contributed by atoms with Crippen LogP contribution in [0.3, 0.4) is 0 Å². The summed E-state index contributed by atoms with van der Waals surface area (Å²) in [5.41, 5.74) is 8.04. The largest absolute Gasteiger partial charge is 0.375 e. The number of hydrogen-bond donors (Lipinski definition) is 2. The second kappa shape index (κ2) is 11.4. The van der Waals surface area contributed by atoms with Crippen molar-refractivity contribution in [2.45, 2.75) is 31.7 Å².